The predicted octanol–water partition coefficient (Wildman–Crippen LogP) is 3.26. The maximum Gasteiger partial charge on any atom is 0.433 e. The van der Waals surface area contributed by atoms with E-state index < -0.39 is 11.9 Å². The molecule has 0 fully saturated rings. The molecule has 3 aromatic rings. The van der Waals surface area contributed by atoms with Gasteiger partial charge in [0.15, 0.2) is 0 Å². The van der Waals surface area contributed by atoms with E-state index in [0.717, 1.165) is 15.8 Å². The highest BCUT2D eigenvalue weighted by Crippen LogP contribution is 2.30. The Bertz CT molecular complexity index is 805. The third-order valence-electron chi connectivity index (χ3n) is 3.37. The van der Waals surface area contributed by atoms with Gasteiger partial charge in [-0.05, 0) is 18.9 Å². The van der Waals surface area contributed by atoms with Gasteiger partial charge < -0.3 is 0 Å². The number of aromatic nitrogens is 6. The van der Waals surface area contributed by atoms with Crippen LogP contribution < -0.4 is 0 Å². The molecule has 24 heavy (non-hydrogen) atoms. The highest BCUT2D eigenvalue weighted by molar-refractivity contribution is 7.13. The second-order valence-corrected chi connectivity index (χ2v) is 6.51. The van der Waals surface area contributed by atoms with Crippen molar-refractivity contribution in [2.75, 3.05) is 0 Å². The van der Waals surface area contributed by atoms with Gasteiger partial charge in [0.05, 0.1) is 11.9 Å². The molecule has 0 N–H and O–H groups in total. The Morgan fingerprint density at radius 2 is 2.08 bits per heavy atom. The molecule has 0 aliphatic rings. The average molecular weight is 356 g/mol. The molecule has 0 aliphatic carbocycles. The number of nitrogens with zero attached hydrogens (tertiary/aromatic N) is 6. The number of rotatable bonds is 5. The summed E-state index contributed by atoms with van der Waals surface area (Å²) in [5.41, 5.74) is 0.276. The number of alkyl halides is 3. The molecule has 0 unspecified atom stereocenters. The number of aryl methyl sites for hydroxylation is 1. The zero-order valence-corrected chi connectivity index (χ0v) is 13.8. The summed E-state index contributed by atoms with van der Waals surface area (Å²) in [6.45, 7) is 3.99. The Kier molecular flexibility index (Phi) is 4.39. The highest BCUT2D eigenvalue weighted by atomic mass is 32.1. The molecule has 0 aromatic carbocycles. The normalized spacial score (nSPS) is 13.4. The quantitative estimate of drug-likeness (QED) is 0.704. The summed E-state index contributed by atoms with van der Waals surface area (Å²) >= 11 is 1.45. The molecular weight excluding hydrogens is 341 g/mol. The maximum atomic E-state index is 13.0. The van der Waals surface area contributed by atoms with Crippen molar-refractivity contribution < 1.29 is 13.2 Å². The fraction of sp³-hybridized carbons (Fsp3) is 0.429. The zero-order chi connectivity index (χ0) is 17.3. The molecule has 6 nitrogen and oxygen atoms in total. The summed E-state index contributed by atoms with van der Waals surface area (Å²) in [6, 6.07) is 1.06. The van der Waals surface area contributed by atoms with Crippen molar-refractivity contribution >= 4 is 11.3 Å². The van der Waals surface area contributed by atoms with Gasteiger partial charge in [-0.2, -0.15) is 18.3 Å². The molecule has 128 valence electrons. The Hall–Kier alpha value is -2.23. The lowest BCUT2D eigenvalue weighted by atomic mass is 10.2. The van der Waals surface area contributed by atoms with Crippen LogP contribution in [-0.2, 0) is 19.3 Å². The van der Waals surface area contributed by atoms with Crippen molar-refractivity contribution in [3.8, 4) is 10.7 Å². The number of thiazole rings is 1. The summed E-state index contributed by atoms with van der Waals surface area (Å²) in [4.78, 5) is 4.15. The fourth-order valence-corrected chi connectivity index (χ4v) is 3.01. The summed E-state index contributed by atoms with van der Waals surface area (Å²) in [7, 11) is 0. The Morgan fingerprint density at radius 1 is 1.29 bits per heavy atom. The molecule has 3 aromatic heterocycles. The largest absolute Gasteiger partial charge is 0.433 e. The lowest BCUT2D eigenvalue weighted by molar-refractivity contribution is -0.144. The van der Waals surface area contributed by atoms with Gasteiger partial charge in [0.25, 0.3) is 0 Å². The van der Waals surface area contributed by atoms with Gasteiger partial charge in [-0.1, -0.05) is 12.1 Å². The standard InChI is InChI=1S/C14H15F3N6S/c1-9(7-23-12(14(15,16)17)5-10(2)20-23)6-22-8-11(19-21-22)13-18-3-4-24-13/h3-5,8-9H,6-7H2,1-2H3/t9-/m0/s1. The van der Waals surface area contributed by atoms with Crippen molar-refractivity contribution in [2.24, 2.45) is 5.92 Å². The van der Waals surface area contributed by atoms with E-state index in [9.17, 15) is 13.2 Å². The Labute approximate surface area is 139 Å². The molecule has 0 aliphatic heterocycles. The van der Waals surface area contributed by atoms with Crippen molar-refractivity contribution in [2.45, 2.75) is 33.1 Å². The molecule has 0 saturated heterocycles. The Morgan fingerprint density at radius 3 is 2.75 bits per heavy atom. The SMILES string of the molecule is Cc1cc(C(F)(F)F)n(C[C@@H](C)Cn2cc(-c3nccs3)nn2)n1. The van der Waals surface area contributed by atoms with Crippen LogP contribution in [0, 0.1) is 12.8 Å². The third-order valence-corrected chi connectivity index (χ3v) is 4.16. The van der Waals surface area contributed by atoms with E-state index in [0.29, 0.717) is 17.9 Å². The van der Waals surface area contributed by atoms with Gasteiger partial charge in [0.2, 0.25) is 0 Å². The zero-order valence-electron chi connectivity index (χ0n) is 13.0. The minimum atomic E-state index is -4.41. The van der Waals surface area contributed by atoms with E-state index in [2.05, 4.69) is 20.4 Å². The monoisotopic (exact) mass is 356 g/mol. The van der Waals surface area contributed by atoms with Gasteiger partial charge in [-0.3, -0.25) is 9.36 Å². The van der Waals surface area contributed by atoms with Crippen molar-refractivity contribution in [1.82, 2.24) is 29.8 Å². The molecule has 10 heteroatoms. The summed E-state index contributed by atoms with van der Waals surface area (Å²) in [5, 5.41) is 14.6. The smallest absolute Gasteiger partial charge is 0.260 e. The average Bonchev–Trinajstić information content (AvgIpc) is 3.17. The minimum absolute atomic E-state index is 0.101. The van der Waals surface area contributed by atoms with Crippen LogP contribution in [0.3, 0.4) is 0 Å². The first kappa shape index (κ1) is 16.6. The predicted molar refractivity (Wildman–Crippen MR) is 82.3 cm³/mol. The topological polar surface area (TPSA) is 61.4 Å². The molecule has 0 radical (unpaired) electrons. The van der Waals surface area contributed by atoms with Crippen LogP contribution >= 0.6 is 11.3 Å². The summed E-state index contributed by atoms with van der Waals surface area (Å²) in [5.74, 6) is -0.101. The lowest BCUT2D eigenvalue weighted by Crippen LogP contribution is -2.20. The molecule has 0 amide bonds. The first-order valence-electron chi connectivity index (χ1n) is 7.24. The molecule has 1 atom stereocenters. The second-order valence-electron chi connectivity index (χ2n) is 5.62. The van der Waals surface area contributed by atoms with Crippen molar-refractivity contribution in [3.05, 3.63) is 35.2 Å². The second kappa shape index (κ2) is 6.34. The lowest BCUT2D eigenvalue weighted by Gasteiger charge is -2.15. The van der Waals surface area contributed by atoms with Crippen LogP contribution in [0.5, 0.6) is 0 Å². The van der Waals surface area contributed by atoms with Gasteiger partial charge in [-0.25, -0.2) is 4.98 Å². The van der Waals surface area contributed by atoms with E-state index in [4.69, 9.17) is 0 Å². The number of halogens is 3. The summed E-state index contributed by atoms with van der Waals surface area (Å²) in [6.07, 6.45) is -0.985. The summed E-state index contributed by atoms with van der Waals surface area (Å²) < 4.78 is 41.6. The number of hydrogen-bond donors (Lipinski definition) is 0. The minimum Gasteiger partial charge on any atom is -0.260 e. The van der Waals surface area contributed by atoms with Crippen LogP contribution in [-0.4, -0.2) is 29.8 Å². The molecule has 3 heterocycles. The first-order chi connectivity index (χ1) is 11.3. The fourth-order valence-electron chi connectivity index (χ4n) is 2.42. The van der Waals surface area contributed by atoms with E-state index in [1.165, 1.54) is 11.3 Å². The van der Waals surface area contributed by atoms with E-state index in [1.807, 2.05) is 12.3 Å². The molecule has 0 spiro atoms. The van der Waals surface area contributed by atoms with E-state index in [1.54, 1.807) is 24.0 Å². The van der Waals surface area contributed by atoms with Gasteiger partial charge in [-0.15, -0.1) is 16.4 Å². The molecule has 0 bridgehead atoms. The van der Waals surface area contributed by atoms with Crippen LogP contribution in [0.25, 0.3) is 10.7 Å². The molecule has 3 rings (SSSR count). The Balaban J connectivity index is 1.69. The van der Waals surface area contributed by atoms with Crippen LogP contribution in [0.15, 0.2) is 23.8 Å². The van der Waals surface area contributed by atoms with Gasteiger partial charge in [0, 0.05) is 24.7 Å². The number of hydrogen-bond acceptors (Lipinski definition) is 5. The van der Waals surface area contributed by atoms with E-state index >= 15 is 0 Å². The van der Waals surface area contributed by atoms with Crippen LogP contribution in [0.4, 0.5) is 13.2 Å². The van der Waals surface area contributed by atoms with Gasteiger partial charge in [0.1, 0.15) is 16.4 Å². The van der Waals surface area contributed by atoms with Crippen LogP contribution in [0.2, 0.25) is 0 Å². The third kappa shape index (κ3) is 3.64. The van der Waals surface area contributed by atoms with Crippen molar-refractivity contribution in [3.63, 3.8) is 0 Å². The van der Waals surface area contributed by atoms with Crippen LogP contribution in [0.1, 0.15) is 18.3 Å². The van der Waals surface area contributed by atoms with Crippen molar-refractivity contribution in [1.29, 1.82) is 0 Å². The molecular formula is C14H15F3N6S. The highest BCUT2D eigenvalue weighted by Gasteiger charge is 2.35. The van der Waals surface area contributed by atoms with Gasteiger partial charge >= 0.3 is 6.18 Å². The maximum absolute atomic E-state index is 13.0. The van der Waals surface area contributed by atoms with E-state index in [-0.39, 0.29) is 12.5 Å². The first-order valence-corrected chi connectivity index (χ1v) is 8.12. The molecule has 0 saturated carbocycles.